The number of halogens is 1. The molecule has 4 rings (SSSR count). The van der Waals surface area contributed by atoms with Gasteiger partial charge in [0.1, 0.15) is 12.3 Å². The Hall–Kier alpha value is -3.75. The summed E-state index contributed by atoms with van der Waals surface area (Å²) in [5.74, 6) is -3.39. The second-order valence-corrected chi connectivity index (χ2v) is 6.34. The van der Waals surface area contributed by atoms with Crippen molar-refractivity contribution in [3.63, 3.8) is 0 Å². The predicted molar refractivity (Wildman–Crippen MR) is 98.5 cm³/mol. The number of amides is 3. The van der Waals surface area contributed by atoms with Crippen molar-refractivity contribution in [2.45, 2.75) is 6.92 Å². The number of carbonyl (C=O) groups is 4. The van der Waals surface area contributed by atoms with Gasteiger partial charge >= 0.3 is 5.97 Å². The summed E-state index contributed by atoms with van der Waals surface area (Å²) in [6.07, 6.45) is 0. The molecule has 8 nitrogen and oxygen atoms in total. The quantitative estimate of drug-likeness (QED) is 0.577. The van der Waals surface area contributed by atoms with Crippen LogP contribution < -0.4 is 14.5 Å². The minimum absolute atomic E-state index is 0.0201. The Morgan fingerprint density at radius 1 is 1.10 bits per heavy atom. The Morgan fingerprint density at radius 3 is 2.38 bits per heavy atom. The van der Waals surface area contributed by atoms with Gasteiger partial charge in [-0.05, 0) is 25.1 Å². The van der Waals surface area contributed by atoms with E-state index in [9.17, 15) is 23.6 Å². The summed E-state index contributed by atoms with van der Waals surface area (Å²) >= 11 is 0. The van der Waals surface area contributed by atoms with E-state index < -0.39 is 36.1 Å². The van der Waals surface area contributed by atoms with Crippen LogP contribution in [0.15, 0.2) is 36.4 Å². The summed E-state index contributed by atoms with van der Waals surface area (Å²) < 4.78 is 24.9. The lowest BCUT2D eigenvalue weighted by Crippen LogP contribution is -2.42. The zero-order valence-corrected chi connectivity index (χ0v) is 15.3. The summed E-state index contributed by atoms with van der Waals surface area (Å²) in [5, 5.41) is 0. The molecule has 2 aliphatic rings. The van der Waals surface area contributed by atoms with E-state index in [0.29, 0.717) is 4.90 Å². The van der Waals surface area contributed by atoms with Gasteiger partial charge in [-0.25, -0.2) is 9.29 Å². The van der Waals surface area contributed by atoms with Gasteiger partial charge in [-0.2, -0.15) is 0 Å². The molecule has 3 amide bonds. The van der Waals surface area contributed by atoms with Crippen molar-refractivity contribution >= 4 is 35.1 Å². The van der Waals surface area contributed by atoms with E-state index in [2.05, 4.69) is 0 Å². The second-order valence-electron chi connectivity index (χ2n) is 6.34. The first kappa shape index (κ1) is 18.6. The van der Waals surface area contributed by atoms with E-state index in [1.807, 2.05) is 0 Å². The normalized spacial score (nSPS) is 15.2. The van der Waals surface area contributed by atoms with Gasteiger partial charge in [0, 0.05) is 6.07 Å². The fourth-order valence-electron chi connectivity index (χ4n) is 3.30. The van der Waals surface area contributed by atoms with Crippen LogP contribution in [-0.2, 0) is 14.3 Å². The molecule has 0 unspecified atom stereocenters. The van der Waals surface area contributed by atoms with Crippen molar-refractivity contribution in [1.82, 2.24) is 0 Å². The zero-order valence-electron chi connectivity index (χ0n) is 15.3. The fraction of sp³-hybridized carbons (Fsp3) is 0.200. The van der Waals surface area contributed by atoms with E-state index in [4.69, 9.17) is 9.47 Å². The molecule has 0 aliphatic carbocycles. The molecule has 0 saturated heterocycles. The van der Waals surface area contributed by atoms with Crippen LogP contribution in [0, 0.1) is 5.82 Å². The van der Waals surface area contributed by atoms with Crippen LogP contribution in [-0.4, -0.2) is 43.4 Å². The Labute approximate surface area is 164 Å². The molecular formula is C20H15FN2O6. The smallest absolute Gasteiger partial charge is 0.326 e. The van der Waals surface area contributed by atoms with Gasteiger partial charge in [0.25, 0.3) is 17.7 Å². The van der Waals surface area contributed by atoms with Crippen LogP contribution >= 0.6 is 0 Å². The standard InChI is InChI=1S/C20H15FN2O6/c1-2-28-18(25)9-22-15-8-14(13(21)7-16(15)29-10-17(22)24)23-19(26)11-5-3-4-6-12(11)20(23)27/h3-8H,2,9-10H2,1H3. The minimum Gasteiger partial charge on any atom is -0.481 e. The van der Waals surface area contributed by atoms with Gasteiger partial charge in [0.15, 0.2) is 12.4 Å². The number of imide groups is 1. The molecule has 2 heterocycles. The largest absolute Gasteiger partial charge is 0.481 e. The molecule has 0 aromatic heterocycles. The molecule has 0 atom stereocenters. The van der Waals surface area contributed by atoms with E-state index in [1.54, 1.807) is 19.1 Å². The van der Waals surface area contributed by atoms with Crippen LogP contribution in [0.25, 0.3) is 0 Å². The van der Waals surface area contributed by atoms with Crippen molar-refractivity contribution in [2.75, 3.05) is 29.6 Å². The lowest BCUT2D eigenvalue weighted by molar-refractivity contribution is -0.142. The van der Waals surface area contributed by atoms with Crippen LogP contribution in [0.2, 0.25) is 0 Å². The van der Waals surface area contributed by atoms with Gasteiger partial charge < -0.3 is 9.47 Å². The van der Waals surface area contributed by atoms with Gasteiger partial charge in [-0.15, -0.1) is 0 Å². The number of carbonyl (C=O) groups excluding carboxylic acids is 4. The molecule has 0 bridgehead atoms. The zero-order chi connectivity index (χ0) is 20.7. The highest BCUT2D eigenvalue weighted by molar-refractivity contribution is 6.34. The Morgan fingerprint density at radius 2 is 1.76 bits per heavy atom. The van der Waals surface area contributed by atoms with Crippen LogP contribution in [0.3, 0.4) is 0 Å². The fourth-order valence-corrected chi connectivity index (χ4v) is 3.30. The number of hydrogen-bond donors (Lipinski definition) is 0. The average molecular weight is 398 g/mol. The SMILES string of the molecule is CCOC(=O)CN1C(=O)COc2cc(F)c(N3C(=O)c4ccccc4C3=O)cc21. The van der Waals surface area contributed by atoms with E-state index in [0.717, 1.165) is 17.0 Å². The maximum atomic E-state index is 14.8. The predicted octanol–water partition coefficient (Wildman–Crippen LogP) is 1.91. The average Bonchev–Trinajstić information content (AvgIpc) is 2.95. The Bertz CT molecular complexity index is 1030. The molecule has 0 saturated carbocycles. The van der Waals surface area contributed by atoms with Crippen LogP contribution in [0.4, 0.5) is 15.8 Å². The summed E-state index contributed by atoms with van der Waals surface area (Å²) in [5.41, 5.74) is 0.0556. The van der Waals surface area contributed by atoms with Crippen molar-refractivity contribution in [3.8, 4) is 5.75 Å². The van der Waals surface area contributed by atoms with Crippen molar-refractivity contribution in [1.29, 1.82) is 0 Å². The lowest BCUT2D eigenvalue weighted by Gasteiger charge is -2.30. The first-order valence-electron chi connectivity index (χ1n) is 8.82. The minimum atomic E-state index is -0.872. The highest BCUT2D eigenvalue weighted by Crippen LogP contribution is 2.40. The van der Waals surface area contributed by atoms with Crippen molar-refractivity contribution < 1.29 is 33.0 Å². The molecule has 0 radical (unpaired) electrons. The highest BCUT2D eigenvalue weighted by Gasteiger charge is 2.39. The summed E-state index contributed by atoms with van der Waals surface area (Å²) in [4.78, 5) is 51.3. The maximum Gasteiger partial charge on any atom is 0.326 e. The third kappa shape index (κ3) is 3.00. The summed E-state index contributed by atoms with van der Waals surface area (Å²) in [6.45, 7) is 0.977. The number of hydrogen-bond acceptors (Lipinski definition) is 6. The monoisotopic (exact) mass is 398 g/mol. The second kappa shape index (κ2) is 7.01. The number of fused-ring (bicyclic) bond motifs is 2. The Kier molecular flexibility index (Phi) is 4.50. The van der Waals surface area contributed by atoms with E-state index in [-0.39, 0.29) is 41.5 Å². The molecule has 2 aromatic rings. The Balaban J connectivity index is 1.77. The van der Waals surface area contributed by atoms with E-state index in [1.165, 1.54) is 12.1 Å². The topological polar surface area (TPSA) is 93.2 Å². The molecule has 2 aliphatic heterocycles. The lowest BCUT2D eigenvalue weighted by atomic mass is 10.1. The first-order chi connectivity index (χ1) is 13.9. The number of rotatable bonds is 4. The molecule has 9 heteroatoms. The van der Waals surface area contributed by atoms with Crippen LogP contribution in [0.1, 0.15) is 27.6 Å². The molecule has 2 aromatic carbocycles. The first-order valence-corrected chi connectivity index (χ1v) is 8.82. The molecule has 148 valence electrons. The number of ether oxygens (including phenoxy) is 2. The van der Waals surface area contributed by atoms with Crippen molar-refractivity contribution in [2.24, 2.45) is 0 Å². The van der Waals surface area contributed by atoms with Gasteiger partial charge in [0.2, 0.25) is 0 Å². The van der Waals surface area contributed by atoms with E-state index >= 15 is 0 Å². The van der Waals surface area contributed by atoms with Crippen molar-refractivity contribution in [3.05, 3.63) is 53.3 Å². The molecule has 0 N–H and O–H groups in total. The third-order valence-corrected chi connectivity index (χ3v) is 4.60. The van der Waals surface area contributed by atoms with Gasteiger partial charge in [0.05, 0.1) is 29.1 Å². The molecule has 0 spiro atoms. The highest BCUT2D eigenvalue weighted by atomic mass is 19.1. The van der Waals surface area contributed by atoms with Gasteiger partial charge in [-0.1, -0.05) is 12.1 Å². The number of nitrogens with zero attached hydrogens (tertiary/aromatic N) is 2. The molecule has 0 fully saturated rings. The third-order valence-electron chi connectivity index (χ3n) is 4.60. The van der Waals surface area contributed by atoms with Gasteiger partial charge in [-0.3, -0.25) is 24.1 Å². The molecular weight excluding hydrogens is 383 g/mol. The summed E-state index contributed by atoms with van der Waals surface area (Å²) in [7, 11) is 0. The molecule has 29 heavy (non-hydrogen) atoms. The van der Waals surface area contributed by atoms with Crippen LogP contribution in [0.5, 0.6) is 5.75 Å². The number of benzene rings is 2. The maximum absolute atomic E-state index is 14.8. The number of anilines is 2. The number of esters is 1. The summed E-state index contributed by atoms with van der Waals surface area (Å²) in [6, 6.07) is 8.30.